The molecule has 1 aliphatic rings. The van der Waals surface area contributed by atoms with Crippen LogP contribution in [0, 0.1) is 0 Å². The van der Waals surface area contributed by atoms with Gasteiger partial charge >= 0.3 is 5.97 Å². The van der Waals surface area contributed by atoms with Crippen LogP contribution in [0.1, 0.15) is 39.5 Å². The zero-order valence-corrected chi connectivity index (χ0v) is 10.4. The second-order valence-electron chi connectivity index (χ2n) is 4.91. The molecular weight excluding hydrogens is 204 g/mol. The van der Waals surface area contributed by atoms with Gasteiger partial charge in [-0.2, -0.15) is 0 Å². The van der Waals surface area contributed by atoms with Crippen molar-refractivity contribution in [3.05, 3.63) is 0 Å². The van der Waals surface area contributed by atoms with Crippen molar-refractivity contribution in [3.8, 4) is 0 Å². The van der Waals surface area contributed by atoms with Crippen LogP contribution >= 0.6 is 0 Å². The van der Waals surface area contributed by atoms with E-state index in [4.69, 9.17) is 5.11 Å². The van der Waals surface area contributed by atoms with E-state index >= 15 is 0 Å². The number of hydrogen-bond acceptors (Lipinski definition) is 3. The molecule has 0 radical (unpaired) electrons. The summed E-state index contributed by atoms with van der Waals surface area (Å²) in [5.41, 5.74) is 0. The summed E-state index contributed by atoms with van der Waals surface area (Å²) >= 11 is 0. The number of carboxylic acids is 1. The minimum atomic E-state index is -0.708. The standard InChI is InChI=1S/C12H24N2O2/c1-10(5-6-12(15)16)13-11(2)9-14-7-3-4-8-14/h10-11,13H,3-9H2,1-2H3,(H,15,16). The molecule has 0 spiro atoms. The van der Waals surface area contributed by atoms with Crippen LogP contribution < -0.4 is 5.32 Å². The topological polar surface area (TPSA) is 52.6 Å². The molecule has 2 unspecified atom stereocenters. The number of carbonyl (C=O) groups is 1. The highest BCUT2D eigenvalue weighted by atomic mass is 16.4. The van der Waals surface area contributed by atoms with Gasteiger partial charge in [0.05, 0.1) is 0 Å². The van der Waals surface area contributed by atoms with Crippen LogP contribution in [0.15, 0.2) is 0 Å². The summed E-state index contributed by atoms with van der Waals surface area (Å²) in [5.74, 6) is -0.708. The van der Waals surface area contributed by atoms with Gasteiger partial charge in [-0.1, -0.05) is 0 Å². The average Bonchev–Trinajstić information content (AvgIpc) is 2.67. The van der Waals surface area contributed by atoms with E-state index in [0.29, 0.717) is 12.5 Å². The smallest absolute Gasteiger partial charge is 0.303 e. The molecule has 2 atom stereocenters. The molecule has 0 aromatic carbocycles. The van der Waals surface area contributed by atoms with E-state index in [1.807, 2.05) is 0 Å². The third kappa shape index (κ3) is 5.47. The molecular formula is C12H24N2O2. The number of likely N-dealkylation sites (tertiary alicyclic amines) is 1. The molecule has 1 heterocycles. The van der Waals surface area contributed by atoms with Gasteiger partial charge in [0.1, 0.15) is 0 Å². The lowest BCUT2D eigenvalue weighted by atomic mass is 10.1. The van der Waals surface area contributed by atoms with E-state index < -0.39 is 5.97 Å². The summed E-state index contributed by atoms with van der Waals surface area (Å²) in [6.45, 7) is 7.75. The maximum absolute atomic E-state index is 10.4. The van der Waals surface area contributed by atoms with Gasteiger partial charge in [0.2, 0.25) is 0 Å². The zero-order chi connectivity index (χ0) is 12.0. The molecule has 0 aromatic rings. The molecule has 0 bridgehead atoms. The maximum atomic E-state index is 10.4. The molecule has 16 heavy (non-hydrogen) atoms. The first-order valence-electron chi connectivity index (χ1n) is 6.28. The Morgan fingerprint density at radius 2 is 1.94 bits per heavy atom. The number of hydrogen-bond donors (Lipinski definition) is 2. The SMILES string of the molecule is CC(CCC(=O)O)NC(C)CN1CCCC1. The largest absolute Gasteiger partial charge is 0.481 e. The number of aliphatic carboxylic acids is 1. The summed E-state index contributed by atoms with van der Waals surface area (Å²) in [4.78, 5) is 12.9. The maximum Gasteiger partial charge on any atom is 0.303 e. The van der Waals surface area contributed by atoms with E-state index in [-0.39, 0.29) is 12.5 Å². The monoisotopic (exact) mass is 228 g/mol. The zero-order valence-electron chi connectivity index (χ0n) is 10.4. The summed E-state index contributed by atoms with van der Waals surface area (Å²) < 4.78 is 0. The highest BCUT2D eigenvalue weighted by Gasteiger charge is 2.15. The van der Waals surface area contributed by atoms with Crippen LogP contribution in [0.25, 0.3) is 0 Å². The predicted molar refractivity (Wildman–Crippen MR) is 64.6 cm³/mol. The fraction of sp³-hybridized carbons (Fsp3) is 0.917. The van der Waals surface area contributed by atoms with Gasteiger partial charge in [0.15, 0.2) is 0 Å². The van der Waals surface area contributed by atoms with Crippen molar-refractivity contribution in [1.82, 2.24) is 10.2 Å². The Hall–Kier alpha value is -0.610. The first-order valence-corrected chi connectivity index (χ1v) is 6.28. The molecule has 4 heteroatoms. The van der Waals surface area contributed by atoms with Crippen LogP contribution in [-0.4, -0.2) is 47.7 Å². The van der Waals surface area contributed by atoms with Crippen LogP contribution in [0.2, 0.25) is 0 Å². The Kier molecular flexibility index (Phi) is 5.77. The third-order valence-electron chi connectivity index (χ3n) is 3.09. The van der Waals surface area contributed by atoms with Crippen LogP contribution in [-0.2, 0) is 4.79 Å². The molecule has 1 fully saturated rings. The van der Waals surface area contributed by atoms with Gasteiger partial charge in [-0.25, -0.2) is 0 Å². The molecule has 1 rings (SSSR count). The predicted octanol–water partition coefficient (Wildman–Crippen LogP) is 1.31. The lowest BCUT2D eigenvalue weighted by Gasteiger charge is -2.24. The van der Waals surface area contributed by atoms with Crippen LogP contribution in [0.5, 0.6) is 0 Å². The summed E-state index contributed by atoms with van der Waals surface area (Å²) in [6.07, 6.45) is 3.60. The Balaban J connectivity index is 2.11. The van der Waals surface area contributed by atoms with E-state index in [1.165, 1.54) is 25.9 Å². The van der Waals surface area contributed by atoms with Crippen molar-refractivity contribution in [2.24, 2.45) is 0 Å². The lowest BCUT2D eigenvalue weighted by Crippen LogP contribution is -2.42. The van der Waals surface area contributed by atoms with Gasteiger partial charge in [0, 0.05) is 25.0 Å². The van der Waals surface area contributed by atoms with Crippen molar-refractivity contribution in [3.63, 3.8) is 0 Å². The van der Waals surface area contributed by atoms with Gasteiger partial charge in [-0.15, -0.1) is 0 Å². The van der Waals surface area contributed by atoms with Crippen molar-refractivity contribution < 1.29 is 9.90 Å². The first-order chi connectivity index (χ1) is 7.58. The minimum absolute atomic E-state index is 0.255. The van der Waals surface area contributed by atoms with E-state index in [1.54, 1.807) is 0 Å². The Labute approximate surface area is 98.0 Å². The van der Waals surface area contributed by atoms with Crippen molar-refractivity contribution >= 4 is 5.97 Å². The lowest BCUT2D eigenvalue weighted by molar-refractivity contribution is -0.137. The highest BCUT2D eigenvalue weighted by molar-refractivity contribution is 5.66. The summed E-state index contributed by atoms with van der Waals surface area (Å²) in [6, 6.07) is 0.732. The van der Waals surface area contributed by atoms with Gasteiger partial charge in [-0.3, -0.25) is 4.79 Å². The fourth-order valence-corrected chi connectivity index (χ4v) is 2.31. The molecule has 4 nitrogen and oxygen atoms in total. The second kappa shape index (κ2) is 6.86. The number of carboxylic acid groups (broad SMARTS) is 1. The molecule has 0 aromatic heterocycles. The van der Waals surface area contributed by atoms with Crippen molar-refractivity contribution in [1.29, 1.82) is 0 Å². The molecule has 0 saturated carbocycles. The summed E-state index contributed by atoms with van der Waals surface area (Å²) in [5, 5.41) is 12.0. The Morgan fingerprint density at radius 1 is 1.31 bits per heavy atom. The quantitative estimate of drug-likeness (QED) is 0.690. The highest BCUT2D eigenvalue weighted by Crippen LogP contribution is 2.08. The van der Waals surface area contributed by atoms with Gasteiger partial charge in [-0.05, 0) is 46.2 Å². The van der Waals surface area contributed by atoms with E-state index in [9.17, 15) is 4.79 Å². The molecule has 0 amide bonds. The molecule has 0 aliphatic carbocycles. The second-order valence-corrected chi connectivity index (χ2v) is 4.91. The fourth-order valence-electron chi connectivity index (χ4n) is 2.31. The van der Waals surface area contributed by atoms with Crippen molar-refractivity contribution in [2.45, 2.75) is 51.6 Å². The van der Waals surface area contributed by atoms with Crippen molar-refractivity contribution in [2.75, 3.05) is 19.6 Å². The van der Waals surface area contributed by atoms with Gasteiger partial charge in [0.25, 0.3) is 0 Å². The average molecular weight is 228 g/mol. The molecule has 1 aliphatic heterocycles. The Bertz CT molecular complexity index is 215. The molecule has 94 valence electrons. The minimum Gasteiger partial charge on any atom is -0.481 e. The summed E-state index contributed by atoms with van der Waals surface area (Å²) in [7, 11) is 0. The van der Waals surface area contributed by atoms with E-state index in [0.717, 1.165) is 6.54 Å². The number of nitrogens with one attached hydrogen (secondary N) is 1. The number of rotatable bonds is 7. The normalized spacial score (nSPS) is 20.9. The molecule has 2 N–H and O–H groups in total. The molecule has 1 saturated heterocycles. The van der Waals surface area contributed by atoms with Crippen LogP contribution in [0.3, 0.4) is 0 Å². The third-order valence-corrected chi connectivity index (χ3v) is 3.09. The number of nitrogens with zero attached hydrogens (tertiary/aromatic N) is 1. The van der Waals surface area contributed by atoms with Crippen LogP contribution in [0.4, 0.5) is 0 Å². The Morgan fingerprint density at radius 3 is 2.50 bits per heavy atom. The first kappa shape index (κ1) is 13.5. The van der Waals surface area contributed by atoms with E-state index in [2.05, 4.69) is 24.1 Å². The van der Waals surface area contributed by atoms with Gasteiger partial charge < -0.3 is 15.3 Å².